The fourth-order valence-electron chi connectivity index (χ4n) is 2.01. The van der Waals surface area contributed by atoms with Crippen LogP contribution in [0.5, 0.6) is 0 Å². The lowest BCUT2D eigenvalue weighted by atomic mass is 10.3. The number of benzene rings is 1. The quantitative estimate of drug-likeness (QED) is 0.630. The highest BCUT2D eigenvalue weighted by Crippen LogP contribution is 2.21. The molecular formula is C12H8ClIN4O2. The van der Waals surface area contributed by atoms with E-state index in [0.717, 1.165) is 8.14 Å². The lowest BCUT2D eigenvalue weighted by Crippen LogP contribution is -2.34. The fraction of sp³-hybridized carbons (Fsp3) is 0.0833. The molecule has 8 heteroatoms. The predicted molar refractivity (Wildman–Crippen MR) is 84.7 cm³/mol. The normalized spacial score (nSPS) is 11.2. The molecule has 2 aromatic heterocycles. The van der Waals surface area contributed by atoms with Crippen molar-refractivity contribution in [3.8, 4) is 5.69 Å². The molecule has 0 aliphatic rings. The molecular weight excluding hydrogens is 395 g/mol. The maximum atomic E-state index is 12.5. The third-order valence-corrected chi connectivity index (χ3v) is 3.90. The Bertz CT molecular complexity index is 941. The number of nitrogens with zero attached hydrogens (tertiary/aromatic N) is 3. The van der Waals surface area contributed by atoms with Crippen LogP contribution in [-0.4, -0.2) is 19.1 Å². The van der Waals surface area contributed by atoms with Crippen LogP contribution in [0.25, 0.3) is 16.9 Å². The number of H-pyrrole nitrogens is 1. The van der Waals surface area contributed by atoms with Crippen molar-refractivity contribution in [3.05, 3.63) is 54.0 Å². The average molecular weight is 403 g/mol. The predicted octanol–water partition coefficient (Wildman–Crippen LogP) is 1.67. The van der Waals surface area contributed by atoms with Crippen LogP contribution in [0.2, 0.25) is 5.02 Å². The molecule has 102 valence electrons. The Morgan fingerprint density at radius 3 is 2.80 bits per heavy atom. The second-order valence-electron chi connectivity index (χ2n) is 4.22. The van der Waals surface area contributed by atoms with Gasteiger partial charge in [-0.15, -0.1) is 0 Å². The number of aryl methyl sites for hydroxylation is 1. The fourth-order valence-corrected chi connectivity index (χ4v) is 2.95. The molecule has 0 fully saturated rings. The van der Waals surface area contributed by atoms with Gasteiger partial charge in [0.2, 0.25) is 0 Å². The third kappa shape index (κ3) is 1.97. The molecule has 0 aliphatic heterocycles. The molecule has 0 saturated heterocycles. The molecule has 1 aromatic carbocycles. The summed E-state index contributed by atoms with van der Waals surface area (Å²) in [6, 6.07) is 5.11. The number of hydrogen-bond acceptors (Lipinski definition) is 3. The van der Waals surface area contributed by atoms with Gasteiger partial charge in [-0.2, -0.15) is 0 Å². The lowest BCUT2D eigenvalue weighted by Gasteiger charge is -2.07. The van der Waals surface area contributed by atoms with Crippen molar-refractivity contribution in [2.24, 2.45) is 7.05 Å². The minimum atomic E-state index is -0.565. The number of imidazole rings is 1. The summed E-state index contributed by atoms with van der Waals surface area (Å²) < 4.78 is 3.50. The molecule has 0 bridgehead atoms. The second kappa shape index (κ2) is 4.74. The van der Waals surface area contributed by atoms with Crippen LogP contribution in [0.15, 0.2) is 34.1 Å². The molecule has 0 spiro atoms. The summed E-state index contributed by atoms with van der Waals surface area (Å²) in [4.78, 5) is 31.1. The first kappa shape index (κ1) is 13.4. The number of halogens is 2. The van der Waals surface area contributed by atoms with Gasteiger partial charge >= 0.3 is 5.69 Å². The zero-order valence-corrected chi connectivity index (χ0v) is 13.1. The highest BCUT2D eigenvalue weighted by molar-refractivity contribution is 14.1. The molecule has 1 N–H and O–H groups in total. The first-order valence-electron chi connectivity index (χ1n) is 5.61. The van der Waals surface area contributed by atoms with Crippen LogP contribution in [0.4, 0.5) is 0 Å². The van der Waals surface area contributed by atoms with Crippen LogP contribution in [0.1, 0.15) is 0 Å². The number of rotatable bonds is 1. The molecule has 0 amide bonds. The van der Waals surface area contributed by atoms with Gasteiger partial charge in [0.25, 0.3) is 5.56 Å². The van der Waals surface area contributed by atoms with Crippen molar-refractivity contribution in [3.63, 3.8) is 0 Å². The number of fused-ring (bicyclic) bond motifs is 1. The molecule has 3 aromatic rings. The van der Waals surface area contributed by atoms with E-state index in [0.29, 0.717) is 16.2 Å². The molecule has 2 heterocycles. The molecule has 0 radical (unpaired) electrons. The Morgan fingerprint density at radius 1 is 1.35 bits per heavy atom. The minimum absolute atomic E-state index is 0.264. The van der Waals surface area contributed by atoms with E-state index >= 15 is 0 Å². The van der Waals surface area contributed by atoms with Gasteiger partial charge in [0.15, 0.2) is 11.2 Å². The molecule has 6 nitrogen and oxygen atoms in total. The van der Waals surface area contributed by atoms with E-state index in [1.165, 1.54) is 6.33 Å². The maximum absolute atomic E-state index is 12.5. The highest BCUT2D eigenvalue weighted by Gasteiger charge is 2.15. The van der Waals surface area contributed by atoms with Gasteiger partial charge in [-0.1, -0.05) is 11.6 Å². The molecule has 0 aliphatic carbocycles. The SMILES string of the molecule is Cn1cnc2[nH]c(=O)n(-c3ccc(I)cc3Cl)c(=O)c21. The Balaban J connectivity index is 2.45. The Kier molecular flexibility index (Phi) is 3.17. The lowest BCUT2D eigenvalue weighted by molar-refractivity contribution is 0.874. The average Bonchev–Trinajstić information content (AvgIpc) is 2.73. The highest BCUT2D eigenvalue weighted by atomic mass is 127. The smallest absolute Gasteiger partial charge is 0.328 e. The molecule has 0 saturated carbocycles. The second-order valence-corrected chi connectivity index (χ2v) is 5.87. The number of aromatic amines is 1. The van der Waals surface area contributed by atoms with Gasteiger partial charge in [0.1, 0.15) is 0 Å². The summed E-state index contributed by atoms with van der Waals surface area (Å²) in [5.74, 6) is 0. The van der Waals surface area contributed by atoms with E-state index in [1.54, 1.807) is 29.8 Å². The Hall–Kier alpha value is -1.61. The van der Waals surface area contributed by atoms with Crippen LogP contribution >= 0.6 is 34.2 Å². The summed E-state index contributed by atoms with van der Waals surface area (Å²) >= 11 is 8.24. The number of aromatic nitrogens is 4. The molecule has 0 atom stereocenters. The molecule has 20 heavy (non-hydrogen) atoms. The standard InChI is InChI=1S/C12H8ClIN4O2/c1-17-5-15-10-9(17)11(19)18(12(20)16-10)8-3-2-6(14)4-7(8)13/h2-5H,1H3,(H,16,20). The van der Waals surface area contributed by atoms with Crippen molar-refractivity contribution in [1.82, 2.24) is 19.1 Å². The van der Waals surface area contributed by atoms with Gasteiger partial charge in [-0.05, 0) is 40.8 Å². The van der Waals surface area contributed by atoms with Crippen molar-refractivity contribution in [1.29, 1.82) is 0 Å². The van der Waals surface area contributed by atoms with Crippen molar-refractivity contribution < 1.29 is 0 Å². The van der Waals surface area contributed by atoms with E-state index < -0.39 is 11.2 Å². The summed E-state index contributed by atoms with van der Waals surface area (Å²) in [6.45, 7) is 0. The van der Waals surface area contributed by atoms with Gasteiger partial charge in [0.05, 0.1) is 17.0 Å². The summed E-state index contributed by atoms with van der Waals surface area (Å²) in [5.41, 5.74) is -0.0859. The number of hydrogen-bond donors (Lipinski definition) is 1. The van der Waals surface area contributed by atoms with Crippen LogP contribution in [0.3, 0.4) is 0 Å². The van der Waals surface area contributed by atoms with Crippen LogP contribution < -0.4 is 11.2 Å². The van der Waals surface area contributed by atoms with Crippen LogP contribution in [-0.2, 0) is 7.05 Å². The zero-order valence-electron chi connectivity index (χ0n) is 10.2. The maximum Gasteiger partial charge on any atom is 0.334 e. The molecule has 3 rings (SSSR count). The topological polar surface area (TPSA) is 72.7 Å². The van der Waals surface area contributed by atoms with E-state index in [1.807, 2.05) is 0 Å². The van der Waals surface area contributed by atoms with Gasteiger partial charge in [0, 0.05) is 10.6 Å². The Labute approximate surface area is 131 Å². The summed E-state index contributed by atoms with van der Waals surface area (Å²) in [7, 11) is 1.69. The van der Waals surface area contributed by atoms with E-state index in [9.17, 15) is 9.59 Å². The Morgan fingerprint density at radius 2 is 2.10 bits per heavy atom. The van der Waals surface area contributed by atoms with E-state index in [4.69, 9.17) is 11.6 Å². The van der Waals surface area contributed by atoms with Crippen molar-refractivity contribution in [2.45, 2.75) is 0 Å². The first-order chi connectivity index (χ1) is 9.49. The monoisotopic (exact) mass is 402 g/mol. The van der Waals surface area contributed by atoms with Crippen molar-refractivity contribution in [2.75, 3.05) is 0 Å². The summed E-state index contributed by atoms with van der Waals surface area (Å²) in [6.07, 6.45) is 1.47. The van der Waals surface area contributed by atoms with E-state index in [2.05, 4.69) is 32.6 Å². The minimum Gasteiger partial charge on any atom is -0.328 e. The van der Waals surface area contributed by atoms with Gasteiger partial charge < -0.3 is 4.57 Å². The molecule has 0 unspecified atom stereocenters. The van der Waals surface area contributed by atoms with Crippen molar-refractivity contribution >= 4 is 45.4 Å². The third-order valence-electron chi connectivity index (χ3n) is 2.92. The van der Waals surface area contributed by atoms with Gasteiger partial charge in [-0.25, -0.2) is 14.3 Å². The first-order valence-corrected chi connectivity index (χ1v) is 7.06. The van der Waals surface area contributed by atoms with E-state index in [-0.39, 0.29) is 5.65 Å². The van der Waals surface area contributed by atoms with Gasteiger partial charge in [-0.3, -0.25) is 9.78 Å². The number of nitrogens with one attached hydrogen (secondary N) is 1. The van der Waals surface area contributed by atoms with Crippen LogP contribution in [0, 0.1) is 3.57 Å². The summed E-state index contributed by atoms with van der Waals surface area (Å²) in [5, 5.41) is 0.339. The largest absolute Gasteiger partial charge is 0.334 e. The zero-order chi connectivity index (χ0) is 14.4.